The summed E-state index contributed by atoms with van der Waals surface area (Å²) in [6.07, 6.45) is 0. The number of rotatable bonds is 4. The summed E-state index contributed by atoms with van der Waals surface area (Å²) in [6, 6.07) is 6.42. The molecule has 0 aliphatic carbocycles. The summed E-state index contributed by atoms with van der Waals surface area (Å²) in [5, 5.41) is 2.15. The standard InChI is InChI=1S/C11H10BrClN2O2S2/c12-8-2-1-7(13)5-9(8)15-19(16,17)11-3-4-18-10(11)6-14/h1-5,15H,6,14H2. The molecule has 102 valence electrons. The van der Waals surface area contributed by atoms with Crippen LogP contribution in [0.25, 0.3) is 0 Å². The molecular formula is C11H10BrClN2O2S2. The Hall–Kier alpha value is -0.600. The second-order valence-electron chi connectivity index (χ2n) is 3.64. The van der Waals surface area contributed by atoms with E-state index in [0.717, 1.165) is 0 Å². The molecule has 0 saturated carbocycles. The number of thiophene rings is 1. The summed E-state index contributed by atoms with van der Waals surface area (Å²) in [4.78, 5) is 0.817. The van der Waals surface area contributed by atoms with Crippen LogP contribution in [0.3, 0.4) is 0 Å². The molecule has 3 N–H and O–H groups in total. The van der Waals surface area contributed by atoms with Crippen LogP contribution in [0.4, 0.5) is 5.69 Å². The van der Waals surface area contributed by atoms with E-state index in [4.69, 9.17) is 17.3 Å². The Morgan fingerprint density at radius 1 is 1.37 bits per heavy atom. The first-order valence-electron chi connectivity index (χ1n) is 5.18. The largest absolute Gasteiger partial charge is 0.326 e. The molecule has 0 fully saturated rings. The van der Waals surface area contributed by atoms with Crippen molar-refractivity contribution in [2.24, 2.45) is 5.73 Å². The summed E-state index contributed by atoms with van der Waals surface area (Å²) in [5.74, 6) is 0. The van der Waals surface area contributed by atoms with Gasteiger partial charge in [0, 0.05) is 20.9 Å². The van der Waals surface area contributed by atoms with Gasteiger partial charge in [-0.25, -0.2) is 8.42 Å². The van der Waals surface area contributed by atoms with E-state index in [1.54, 1.807) is 17.5 Å². The van der Waals surface area contributed by atoms with E-state index in [0.29, 0.717) is 20.1 Å². The molecule has 0 atom stereocenters. The van der Waals surface area contributed by atoms with Gasteiger partial charge >= 0.3 is 0 Å². The Balaban J connectivity index is 2.39. The van der Waals surface area contributed by atoms with Crippen molar-refractivity contribution in [2.45, 2.75) is 11.4 Å². The van der Waals surface area contributed by atoms with Crippen LogP contribution in [0.2, 0.25) is 5.02 Å². The molecule has 0 spiro atoms. The molecule has 8 heteroatoms. The van der Waals surface area contributed by atoms with Gasteiger partial charge in [0.05, 0.1) is 5.69 Å². The van der Waals surface area contributed by atoms with E-state index in [2.05, 4.69) is 20.7 Å². The van der Waals surface area contributed by atoms with Crippen LogP contribution in [-0.4, -0.2) is 8.42 Å². The number of anilines is 1. The van der Waals surface area contributed by atoms with Crippen molar-refractivity contribution in [2.75, 3.05) is 4.72 Å². The molecule has 19 heavy (non-hydrogen) atoms. The third-order valence-corrected chi connectivity index (χ3v) is 5.80. The van der Waals surface area contributed by atoms with Gasteiger partial charge in [-0.1, -0.05) is 11.6 Å². The van der Waals surface area contributed by atoms with Gasteiger partial charge in [0.2, 0.25) is 0 Å². The first-order valence-corrected chi connectivity index (χ1v) is 8.71. The van der Waals surface area contributed by atoms with E-state index in [1.165, 1.54) is 23.5 Å². The van der Waals surface area contributed by atoms with Gasteiger partial charge < -0.3 is 5.73 Å². The molecule has 1 aromatic heterocycles. The molecule has 4 nitrogen and oxygen atoms in total. The molecule has 0 bridgehead atoms. The van der Waals surface area contributed by atoms with Crippen molar-refractivity contribution in [1.82, 2.24) is 0 Å². The van der Waals surface area contributed by atoms with Crippen molar-refractivity contribution in [3.8, 4) is 0 Å². The number of nitrogens with two attached hydrogens (primary N) is 1. The van der Waals surface area contributed by atoms with Crippen LogP contribution in [0, 0.1) is 0 Å². The highest BCUT2D eigenvalue weighted by Gasteiger charge is 2.20. The lowest BCUT2D eigenvalue weighted by Crippen LogP contribution is -2.15. The first-order chi connectivity index (χ1) is 8.94. The Kier molecular flexibility index (Phi) is 4.52. The summed E-state index contributed by atoms with van der Waals surface area (Å²) in [5.41, 5.74) is 5.92. The predicted molar refractivity (Wildman–Crippen MR) is 82.2 cm³/mol. The molecule has 0 unspecified atom stereocenters. The van der Waals surface area contributed by atoms with Crippen molar-refractivity contribution >= 4 is 54.6 Å². The molecule has 0 amide bonds. The summed E-state index contributed by atoms with van der Waals surface area (Å²) < 4.78 is 27.7. The average molecular weight is 382 g/mol. The molecular weight excluding hydrogens is 372 g/mol. The Morgan fingerprint density at radius 2 is 2.11 bits per heavy atom. The second kappa shape index (κ2) is 5.80. The number of hydrogen-bond donors (Lipinski definition) is 2. The second-order valence-corrected chi connectivity index (χ2v) is 7.58. The molecule has 0 aliphatic heterocycles. The van der Waals surface area contributed by atoms with Gasteiger partial charge in [-0.2, -0.15) is 0 Å². The van der Waals surface area contributed by atoms with Crippen LogP contribution in [0.1, 0.15) is 4.88 Å². The van der Waals surface area contributed by atoms with Crippen molar-refractivity contribution in [3.63, 3.8) is 0 Å². The van der Waals surface area contributed by atoms with E-state index in [-0.39, 0.29) is 11.4 Å². The van der Waals surface area contributed by atoms with Gasteiger partial charge in [0.1, 0.15) is 4.90 Å². The Morgan fingerprint density at radius 3 is 2.79 bits per heavy atom. The molecule has 2 aromatic rings. The van der Waals surface area contributed by atoms with Gasteiger partial charge in [-0.15, -0.1) is 11.3 Å². The highest BCUT2D eigenvalue weighted by atomic mass is 79.9. The van der Waals surface area contributed by atoms with Crippen LogP contribution in [0.5, 0.6) is 0 Å². The normalized spacial score (nSPS) is 11.5. The fourth-order valence-electron chi connectivity index (χ4n) is 1.49. The van der Waals surface area contributed by atoms with Gasteiger partial charge in [-0.3, -0.25) is 4.72 Å². The fourth-order valence-corrected chi connectivity index (χ4v) is 4.55. The maximum atomic E-state index is 12.3. The zero-order chi connectivity index (χ0) is 14.0. The first kappa shape index (κ1) is 14.8. The monoisotopic (exact) mass is 380 g/mol. The molecule has 0 aliphatic rings. The number of benzene rings is 1. The van der Waals surface area contributed by atoms with E-state index >= 15 is 0 Å². The third-order valence-electron chi connectivity index (χ3n) is 2.35. The van der Waals surface area contributed by atoms with Crippen molar-refractivity contribution in [3.05, 3.63) is 44.0 Å². The minimum Gasteiger partial charge on any atom is -0.326 e. The maximum absolute atomic E-state index is 12.3. The van der Waals surface area contributed by atoms with Crippen LogP contribution >= 0.6 is 38.9 Å². The predicted octanol–water partition coefficient (Wildman–Crippen LogP) is 3.42. The zero-order valence-electron chi connectivity index (χ0n) is 9.56. The molecule has 2 rings (SSSR count). The Labute approximate surface area is 128 Å². The lowest BCUT2D eigenvalue weighted by molar-refractivity contribution is 0.600. The topological polar surface area (TPSA) is 72.2 Å². The lowest BCUT2D eigenvalue weighted by atomic mass is 10.3. The van der Waals surface area contributed by atoms with E-state index < -0.39 is 10.0 Å². The average Bonchev–Trinajstić information content (AvgIpc) is 2.82. The number of hydrogen-bond acceptors (Lipinski definition) is 4. The Bertz CT molecular complexity index is 700. The van der Waals surface area contributed by atoms with Crippen molar-refractivity contribution < 1.29 is 8.42 Å². The van der Waals surface area contributed by atoms with E-state index in [9.17, 15) is 8.42 Å². The number of halogens is 2. The lowest BCUT2D eigenvalue weighted by Gasteiger charge is -2.10. The molecule has 1 aromatic carbocycles. The molecule has 0 saturated heterocycles. The highest BCUT2D eigenvalue weighted by Crippen LogP contribution is 2.29. The minimum atomic E-state index is -3.66. The molecule has 1 heterocycles. The number of sulfonamides is 1. The highest BCUT2D eigenvalue weighted by molar-refractivity contribution is 9.10. The van der Waals surface area contributed by atoms with Crippen LogP contribution in [0.15, 0.2) is 39.0 Å². The van der Waals surface area contributed by atoms with E-state index in [1.807, 2.05) is 0 Å². The van der Waals surface area contributed by atoms with Gasteiger partial charge in [0.25, 0.3) is 10.0 Å². The summed E-state index contributed by atoms with van der Waals surface area (Å²) >= 11 is 10.4. The van der Waals surface area contributed by atoms with Gasteiger partial charge in [-0.05, 0) is 45.6 Å². The SMILES string of the molecule is NCc1sccc1S(=O)(=O)Nc1cc(Cl)ccc1Br. The maximum Gasteiger partial charge on any atom is 0.263 e. The van der Waals surface area contributed by atoms with Crippen molar-refractivity contribution in [1.29, 1.82) is 0 Å². The van der Waals surface area contributed by atoms with Gasteiger partial charge in [0.15, 0.2) is 0 Å². The zero-order valence-corrected chi connectivity index (χ0v) is 13.5. The minimum absolute atomic E-state index is 0.185. The van der Waals surface area contributed by atoms with Crippen LogP contribution < -0.4 is 10.5 Å². The summed E-state index contributed by atoms with van der Waals surface area (Å²) in [6.45, 7) is 0.185. The molecule has 0 radical (unpaired) electrons. The fraction of sp³-hybridized carbons (Fsp3) is 0.0909. The smallest absolute Gasteiger partial charge is 0.263 e. The summed E-state index contributed by atoms with van der Waals surface area (Å²) in [7, 11) is -3.66. The number of nitrogens with one attached hydrogen (secondary N) is 1. The quantitative estimate of drug-likeness (QED) is 0.852. The third kappa shape index (κ3) is 3.29. The van der Waals surface area contributed by atoms with Crippen LogP contribution in [-0.2, 0) is 16.6 Å².